The summed E-state index contributed by atoms with van der Waals surface area (Å²) in [5.41, 5.74) is 4.10. The maximum atomic E-state index is 2.48. The minimum Gasteiger partial charge on any atom is -0.0876 e. The molecule has 0 unspecified atom stereocenters. The highest BCUT2D eigenvalue weighted by Crippen LogP contribution is 2.62. The molecule has 3 aliphatic carbocycles. The summed E-state index contributed by atoms with van der Waals surface area (Å²) in [6, 6.07) is 9.00. The van der Waals surface area contributed by atoms with Gasteiger partial charge in [-0.05, 0) is 36.8 Å². The molecular weight excluding hydrogens is 192 g/mol. The predicted molar refractivity (Wildman–Crippen MR) is 66.2 cm³/mol. The van der Waals surface area contributed by atoms with Crippen LogP contribution in [0.1, 0.15) is 24.0 Å². The number of fused-ring (bicyclic) bond motifs is 1. The predicted octanol–water partition coefficient (Wildman–Crippen LogP) is 3.68. The van der Waals surface area contributed by atoms with Crippen molar-refractivity contribution in [3.8, 4) is 0 Å². The van der Waals surface area contributed by atoms with Gasteiger partial charge in [0.25, 0.3) is 0 Å². The molecule has 0 saturated carbocycles. The fourth-order valence-electron chi connectivity index (χ4n) is 3.88. The SMILES string of the molecule is C1=CC[C@]23C=C[C@]2(C1)Cc1ccccc1C3. The Balaban J connectivity index is 1.88. The summed E-state index contributed by atoms with van der Waals surface area (Å²) < 4.78 is 0. The molecule has 1 aromatic carbocycles. The van der Waals surface area contributed by atoms with Crippen molar-refractivity contribution in [3.05, 3.63) is 59.7 Å². The van der Waals surface area contributed by atoms with E-state index in [1.807, 2.05) is 0 Å². The summed E-state index contributed by atoms with van der Waals surface area (Å²) in [6.45, 7) is 0. The van der Waals surface area contributed by atoms with Crippen LogP contribution in [0.4, 0.5) is 0 Å². The lowest BCUT2D eigenvalue weighted by Crippen LogP contribution is -2.52. The first-order chi connectivity index (χ1) is 7.84. The molecule has 1 aromatic rings. The third-order valence-electron chi connectivity index (χ3n) is 4.97. The van der Waals surface area contributed by atoms with E-state index < -0.39 is 0 Å². The lowest BCUT2D eigenvalue weighted by molar-refractivity contribution is 0.0799. The molecule has 3 aliphatic rings. The highest BCUT2D eigenvalue weighted by molar-refractivity contribution is 5.44. The fraction of sp³-hybridized carbons (Fsp3) is 0.375. The summed E-state index contributed by atoms with van der Waals surface area (Å²) in [4.78, 5) is 0. The van der Waals surface area contributed by atoms with Crippen LogP contribution in [0.5, 0.6) is 0 Å². The van der Waals surface area contributed by atoms with Crippen molar-refractivity contribution in [2.24, 2.45) is 10.8 Å². The molecule has 0 aromatic heterocycles. The van der Waals surface area contributed by atoms with Gasteiger partial charge in [-0.25, -0.2) is 0 Å². The van der Waals surface area contributed by atoms with E-state index >= 15 is 0 Å². The first kappa shape index (κ1) is 8.81. The van der Waals surface area contributed by atoms with E-state index in [2.05, 4.69) is 48.6 Å². The highest BCUT2D eigenvalue weighted by atomic mass is 14.6. The largest absolute Gasteiger partial charge is 0.0876 e. The summed E-state index contributed by atoms with van der Waals surface area (Å²) in [6.07, 6.45) is 14.7. The van der Waals surface area contributed by atoms with Crippen molar-refractivity contribution >= 4 is 0 Å². The van der Waals surface area contributed by atoms with Gasteiger partial charge in [0.15, 0.2) is 0 Å². The van der Waals surface area contributed by atoms with Crippen molar-refractivity contribution in [2.45, 2.75) is 25.7 Å². The van der Waals surface area contributed by atoms with Crippen LogP contribution in [0, 0.1) is 10.8 Å². The zero-order chi connectivity index (χ0) is 10.6. The van der Waals surface area contributed by atoms with Gasteiger partial charge in [-0.2, -0.15) is 0 Å². The number of hydrogen-bond donors (Lipinski definition) is 0. The second-order valence-electron chi connectivity index (χ2n) is 5.65. The summed E-state index contributed by atoms with van der Waals surface area (Å²) in [7, 11) is 0. The molecule has 4 rings (SSSR count). The number of hydrogen-bond acceptors (Lipinski definition) is 0. The van der Waals surface area contributed by atoms with Crippen LogP contribution in [0.2, 0.25) is 0 Å². The van der Waals surface area contributed by atoms with Crippen molar-refractivity contribution in [1.29, 1.82) is 0 Å². The molecule has 0 heteroatoms. The lowest BCUT2D eigenvalue weighted by Gasteiger charge is -2.58. The van der Waals surface area contributed by atoms with Gasteiger partial charge in [0, 0.05) is 10.8 Å². The van der Waals surface area contributed by atoms with Crippen molar-refractivity contribution in [3.63, 3.8) is 0 Å². The van der Waals surface area contributed by atoms with Crippen LogP contribution in [0.25, 0.3) is 0 Å². The molecule has 0 aliphatic heterocycles. The van der Waals surface area contributed by atoms with Gasteiger partial charge in [0.1, 0.15) is 0 Å². The Morgan fingerprint density at radius 2 is 1.25 bits per heavy atom. The molecule has 0 spiro atoms. The molecule has 0 fully saturated rings. The van der Waals surface area contributed by atoms with E-state index in [0.717, 1.165) is 0 Å². The minimum absolute atomic E-state index is 0.468. The zero-order valence-corrected chi connectivity index (χ0v) is 9.45. The minimum atomic E-state index is 0.468. The van der Waals surface area contributed by atoms with Crippen LogP contribution in [-0.4, -0.2) is 0 Å². The van der Waals surface area contributed by atoms with E-state index in [1.165, 1.54) is 25.7 Å². The van der Waals surface area contributed by atoms with E-state index in [1.54, 1.807) is 11.1 Å². The summed E-state index contributed by atoms with van der Waals surface area (Å²) in [5.74, 6) is 0. The van der Waals surface area contributed by atoms with Crippen molar-refractivity contribution in [2.75, 3.05) is 0 Å². The van der Waals surface area contributed by atoms with E-state index in [9.17, 15) is 0 Å². The van der Waals surface area contributed by atoms with Gasteiger partial charge in [0.05, 0.1) is 0 Å². The van der Waals surface area contributed by atoms with Crippen molar-refractivity contribution < 1.29 is 0 Å². The van der Waals surface area contributed by atoms with Gasteiger partial charge in [0.2, 0.25) is 0 Å². The zero-order valence-electron chi connectivity index (χ0n) is 9.45. The van der Waals surface area contributed by atoms with Gasteiger partial charge in [-0.15, -0.1) is 0 Å². The Kier molecular flexibility index (Phi) is 1.48. The summed E-state index contributed by atoms with van der Waals surface area (Å²) >= 11 is 0. The molecule has 16 heavy (non-hydrogen) atoms. The van der Waals surface area contributed by atoms with Crippen LogP contribution in [0.15, 0.2) is 48.6 Å². The average molecular weight is 208 g/mol. The molecule has 0 nitrogen and oxygen atoms in total. The van der Waals surface area contributed by atoms with E-state index in [4.69, 9.17) is 0 Å². The number of benzene rings is 1. The Morgan fingerprint density at radius 1 is 0.750 bits per heavy atom. The molecule has 0 saturated heterocycles. The summed E-state index contributed by atoms with van der Waals surface area (Å²) in [5, 5.41) is 0. The quantitative estimate of drug-likeness (QED) is 0.570. The van der Waals surface area contributed by atoms with Gasteiger partial charge in [-0.3, -0.25) is 0 Å². The second kappa shape index (κ2) is 2.68. The van der Waals surface area contributed by atoms with Gasteiger partial charge in [-0.1, -0.05) is 48.6 Å². The monoisotopic (exact) mass is 208 g/mol. The van der Waals surface area contributed by atoms with E-state index in [-0.39, 0.29) is 0 Å². The molecule has 0 amide bonds. The first-order valence-electron chi connectivity index (χ1n) is 6.26. The molecule has 0 N–H and O–H groups in total. The topological polar surface area (TPSA) is 0 Å². The Morgan fingerprint density at radius 3 is 1.69 bits per heavy atom. The molecule has 0 radical (unpaired) electrons. The molecule has 0 bridgehead atoms. The molecular formula is C16H16. The lowest BCUT2D eigenvalue weighted by atomic mass is 9.45. The Bertz CT molecular complexity index is 464. The Hall–Kier alpha value is -1.30. The Labute approximate surface area is 96.7 Å². The van der Waals surface area contributed by atoms with Crippen molar-refractivity contribution in [1.82, 2.24) is 0 Å². The van der Waals surface area contributed by atoms with E-state index in [0.29, 0.717) is 10.8 Å². The van der Waals surface area contributed by atoms with Crippen LogP contribution in [-0.2, 0) is 12.8 Å². The van der Waals surface area contributed by atoms with Crippen LogP contribution >= 0.6 is 0 Å². The third kappa shape index (κ3) is 0.870. The van der Waals surface area contributed by atoms with Gasteiger partial charge >= 0.3 is 0 Å². The number of allylic oxidation sites excluding steroid dienone is 4. The van der Waals surface area contributed by atoms with Crippen LogP contribution < -0.4 is 0 Å². The smallest absolute Gasteiger partial charge is 0.00539 e. The normalized spacial score (nSPS) is 38.2. The molecule has 0 heterocycles. The fourth-order valence-corrected chi connectivity index (χ4v) is 3.88. The maximum Gasteiger partial charge on any atom is 0.00539 e. The van der Waals surface area contributed by atoms with Gasteiger partial charge < -0.3 is 0 Å². The number of rotatable bonds is 0. The second-order valence-corrected chi connectivity index (χ2v) is 5.65. The first-order valence-corrected chi connectivity index (χ1v) is 6.26. The molecule has 2 atom stereocenters. The van der Waals surface area contributed by atoms with Crippen LogP contribution in [0.3, 0.4) is 0 Å². The molecule has 80 valence electrons. The highest BCUT2D eigenvalue weighted by Gasteiger charge is 2.55. The third-order valence-corrected chi connectivity index (χ3v) is 4.97. The standard InChI is InChI=1S/C16H16/c1-2-6-14-12-16-8-4-3-7-15(16,9-10-16)11-13(14)5-1/h1-6,9-10H,7-8,11-12H2/t15-,16-/m1/s1. The average Bonchev–Trinajstić information content (AvgIpc) is 2.30. The maximum absolute atomic E-state index is 2.48.